The van der Waals surface area contributed by atoms with Gasteiger partial charge in [-0.05, 0) is 13.3 Å². The first-order chi connectivity index (χ1) is 8.53. The van der Waals surface area contributed by atoms with Gasteiger partial charge in [0.15, 0.2) is 21.3 Å². The molecule has 3 heterocycles. The van der Waals surface area contributed by atoms with Crippen LogP contribution in [-0.2, 0) is 9.84 Å². The van der Waals surface area contributed by atoms with Gasteiger partial charge in [0.05, 0.1) is 11.5 Å². The average molecular weight is 267 g/mol. The largest absolute Gasteiger partial charge is 0.364 e. The van der Waals surface area contributed by atoms with Crippen LogP contribution < -0.4 is 5.32 Å². The number of hydrogen-bond acceptors (Lipinski definition) is 6. The van der Waals surface area contributed by atoms with E-state index in [1.54, 1.807) is 0 Å². The van der Waals surface area contributed by atoms with Gasteiger partial charge in [-0.25, -0.2) is 23.4 Å². The summed E-state index contributed by atoms with van der Waals surface area (Å²) in [4.78, 5) is 15.5. The van der Waals surface area contributed by atoms with E-state index in [4.69, 9.17) is 0 Å². The van der Waals surface area contributed by atoms with Crippen molar-refractivity contribution in [3.8, 4) is 0 Å². The van der Waals surface area contributed by atoms with Crippen molar-refractivity contribution in [3.05, 3.63) is 12.2 Å². The molecule has 0 unspecified atom stereocenters. The number of imidazole rings is 1. The number of sulfone groups is 1. The average Bonchev–Trinajstić information content (AvgIpc) is 2.81. The predicted molar refractivity (Wildman–Crippen MR) is 67.1 cm³/mol. The fraction of sp³-hybridized carbons (Fsp3) is 0.500. The molecule has 2 aromatic heterocycles. The number of hydrogen-bond donors (Lipinski definition) is 2. The van der Waals surface area contributed by atoms with Crippen LogP contribution in [0.2, 0.25) is 0 Å². The van der Waals surface area contributed by atoms with Crippen LogP contribution in [0.5, 0.6) is 0 Å². The first-order valence-corrected chi connectivity index (χ1v) is 7.50. The van der Waals surface area contributed by atoms with E-state index in [-0.39, 0.29) is 17.5 Å². The Balaban J connectivity index is 1.91. The maximum Gasteiger partial charge on any atom is 0.183 e. The van der Waals surface area contributed by atoms with Crippen LogP contribution in [-0.4, -0.2) is 45.9 Å². The Labute approximate surface area is 104 Å². The second-order valence-electron chi connectivity index (χ2n) is 4.49. The third kappa shape index (κ3) is 2.03. The predicted octanol–water partition coefficient (Wildman–Crippen LogP) is 0.260. The van der Waals surface area contributed by atoms with Crippen LogP contribution in [0.1, 0.15) is 12.2 Å². The van der Waals surface area contributed by atoms with Crippen molar-refractivity contribution in [1.82, 2.24) is 19.9 Å². The molecule has 7 nitrogen and oxygen atoms in total. The Morgan fingerprint density at radius 2 is 2.28 bits per heavy atom. The zero-order valence-electron chi connectivity index (χ0n) is 9.84. The Kier molecular flexibility index (Phi) is 2.47. The second kappa shape index (κ2) is 3.91. The van der Waals surface area contributed by atoms with Crippen LogP contribution in [0.3, 0.4) is 0 Å². The second-order valence-corrected chi connectivity index (χ2v) is 6.72. The molecule has 2 N–H and O–H groups in total. The van der Waals surface area contributed by atoms with Crippen molar-refractivity contribution in [1.29, 1.82) is 0 Å². The lowest BCUT2D eigenvalue weighted by Crippen LogP contribution is -2.21. The number of rotatable bonds is 2. The fourth-order valence-electron chi connectivity index (χ4n) is 2.16. The SMILES string of the molecule is Cc1nc2ncnc(N[C@H]3CCS(=O)(=O)C3)c2[nH]1. The lowest BCUT2D eigenvalue weighted by atomic mass is 10.2. The molecule has 18 heavy (non-hydrogen) atoms. The number of fused-ring (bicyclic) bond motifs is 1. The van der Waals surface area contributed by atoms with E-state index < -0.39 is 9.84 Å². The number of anilines is 1. The van der Waals surface area contributed by atoms with Gasteiger partial charge in [0, 0.05) is 6.04 Å². The van der Waals surface area contributed by atoms with Crippen molar-refractivity contribution in [3.63, 3.8) is 0 Å². The van der Waals surface area contributed by atoms with E-state index in [1.807, 2.05) is 6.92 Å². The molecule has 0 aromatic carbocycles. The smallest absolute Gasteiger partial charge is 0.183 e. The van der Waals surface area contributed by atoms with Crippen molar-refractivity contribution in [2.24, 2.45) is 0 Å². The highest BCUT2D eigenvalue weighted by Crippen LogP contribution is 2.20. The van der Waals surface area contributed by atoms with E-state index in [1.165, 1.54) is 6.33 Å². The number of aromatic amines is 1. The first kappa shape index (κ1) is 11.4. The standard InChI is InChI=1S/C10H13N5O2S/c1-6-13-8-9(14-6)11-5-12-10(8)15-7-2-3-18(16,17)4-7/h5,7H,2-4H2,1H3,(H2,11,12,13,14,15)/t7-/m0/s1. The Morgan fingerprint density at radius 1 is 1.44 bits per heavy atom. The summed E-state index contributed by atoms with van der Waals surface area (Å²) < 4.78 is 22.8. The summed E-state index contributed by atoms with van der Waals surface area (Å²) >= 11 is 0. The quantitative estimate of drug-likeness (QED) is 0.809. The van der Waals surface area contributed by atoms with Gasteiger partial charge in [0.25, 0.3) is 0 Å². The Morgan fingerprint density at radius 3 is 3.00 bits per heavy atom. The summed E-state index contributed by atoms with van der Waals surface area (Å²) in [5, 5.41) is 3.15. The topological polar surface area (TPSA) is 101 Å². The third-order valence-corrected chi connectivity index (χ3v) is 4.75. The number of aromatic nitrogens is 4. The number of nitrogens with zero attached hydrogens (tertiary/aromatic N) is 3. The first-order valence-electron chi connectivity index (χ1n) is 5.68. The monoisotopic (exact) mass is 267 g/mol. The van der Waals surface area contributed by atoms with Crippen LogP contribution in [0.25, 0.3) is 11.2 Å². The molecule has 0 amide bonds. The summed E-state index contributed by atoms with van der Waals surface area (Å²) in [6.07, 6.45) is 2.04. The van der Waals surface area contributed by atoms with Crippen LogP contribution in [0.4, 0.5) is 5.82 Å². The highest BCUT2D eigenvalue weighted by atomic mass is 32.2. The van der Waals surface area contributed by atoms with Crippen molar-refractivity contribution < 1.29 is 8.42 Å². The van der Waals surface area contributed by atoms with Gasteiger partial charge in [0.1, 0.15) is 17.7 Å². The number of aryl methyl sites for hydroxylation is 1. The molecule has 2 aromatic rings. The third-order valence-electron chi connectivity index (χ3n) is 2.98. The van der Waals surface area contributed by atoms with E-state index in [0.717, 1.165) is 11.3 Å². The zero-order chi connectivity index (χ0) is 12.8. The summed E-state index contributed by atoms with van der Waals surface area (Å²) in [6, 6.07) is -0.0864. The molecule has 0 bridgehead atoms. The Bertz CT molecular complexity index is 693. The molecule has 1 aliphatic rings. The van der Waals surface area contributed by atoms with E-state index in [9.17, 15) is 8.42 Å². The molecule has 1 atom stereocenters. The molecule has 8 heteroatoms. The molecule has 3 rings (SSSR count). The van der Waals surface area contributed by atoms with E-state index in [2.05, 4.69) is 25.3 Å². The lowest BCUT2D eigenvalue weighted by molar-refractivity contribution is 0.602. The van der Waals surface area contributed by atoms with Gasteiger partial charge in [-0.15, -0.1) is 0 Å². The van der Waals surface area contributed by atoms with Gasteiger partial charge < -0.3 is 10.3 Å². The minimum atomic E-state index is -2.90. The van der Waals surface area contributed by atoms with Gasteiger partial charge >= 0.3 is 0 Å². The zero-order valence-corrected chi connectivity index (χ0v) is 10.7. The van der Waals surface area contributed by atoms with Gasteiger partial charge in [-0.3, -0.25) is 0 Å². The Hall–Kier alpha value is -1.70. The number of nitrogens with one attached hydrogen (secondary N) is 2. The van der Waals surface area contributed by atoms with E-state index >= 15 is 0 Å². The van der Waals surface area contributed by atoms with Crippen molar-refractivity contribution >= 4 is 26.8 Å². The van der Waals surface area contributed by atoms with Gasteiger partial charge in [-0.1, -0.05) is 0 Å². The molecular weight excluding hydrogens is 254 g/mol. The molecule has 0 saturated carbocycles. The number of H-pyrrole nitrogens is 1. The minimum absolute atomic E-state index is 0.0864. The molecule has 0 radical (unpaired) electrons. The lowest BCUT2D eigenvalue weighted by Gasteiger charge is -2.11. The van der Waals surface area contributed by atoms with Crippen molar-refractivity contribution in [2.45, 2.75) is 19.4 Å². The maximum absolute atomic E-state index is 11.4. The highest BCUT2D eigenvalue weighted by Gasteiger charge is 2.28. The molecule has 0 spiro atoms. The van der Waals surface area contributed by atoms with E-state index in [0.29, 0.717) is 17.9 Å². The highest BCUT2D eigenvalue weighted by molar-refractivity contribution is 7.91. The molecule has 0 aliphatic carbocycles. The fourth-order valence-corrected chi connectivity index (χ4v) is 3.83. The normalized spacial score (nSPS) is 22.4. The van der Waals surface area contributed by atoms with Crippen molar-refractivity contribution in [2.75, 3.05) is 16.8 Å². The summed E-state index contributed by atoms with van der Waals surface area (Å²) in [7, 11) is -2.90. The van der Waals surface area contributed by atoms with Gasteiger partial charge in [0.2, 0.25) is 0 Å². The summed E-state index contributed by atoms with van der Waals surface area (Å²) in [5.41, 5.74) is 1.31. The minimum Gasteiger partial charge on any atom is -0.364 e. The maximum atomic E-state index is 11.4. The summed E-state index contributed by atoms with van der Waals surface area (Å²) in [6.45, 7) is 1.84. The molecule has 1 saturated heterocycles. The molecule has 1 aliphatic heterocycles. The molecule has 96 valence electrons. The summed E-state index contributed by atoms with van der Waals surface area (Å²) in [5.74, 6) is 1.77. The van der Waals surface area contributed by atoms with Gasteiger partial charge in [-0.2, -0.15) is 0 Å². The molecule has 1 fully saturated rings. The van der Waals surface area contributed by atoms with Crippen LogP contribution in [0, 0.1) is 6.92 Å². The van der Waals surface area contributed by atoms with Crippen LogP contribution in [0.15, 0.2) is 6.33 Å². The van der Waals surface area contributed by atoms with Crippen LogP contribution >= 0.6 is 0 Å². The molecular formula is C10H13N5O2S.